The van der Waals surface area contributed by atoms with Gasteiger partial charge in [0.25, 0.3) is 0 Å². The number of likely N-dealkylation sites (N-methyl/N-ethyl adjacent to an activating group) is 2. The largest absolute Gasteiger partial charge is 0.344 e. The van der Waals surface area contributed by atoms with Gasteiger partial charge in [-0.1, -0.05) is 20.8 Å². The van der Waals surface area contributed by atoms with Crippen molar-refractivity contribution >= 4 is 5.91 Å². The molecule has 3 heteroatoms. The Bertz CT molecular complexity index is 157. The zero-order valence-electron chi connectivity index (χ0n) is 9.97. The molecule has 0 aliphatic rings. The molecular weight excluding hydrogens is 176 g/mol. The molecule has 0 spiro atoms. The van der Waals surface area contributed by atoms with Gasteiger partial charge in [-0.15, -0.1) is 0 Å². The average molecular weight is 200 g/mol. The second-order valence-corrected chi connectivity index (χ2v) is 4.10. The van der Waals surface area contributed by atoms with Gasteiger partial charge >= 0.3 is 0 Å². The number of carbonyl (C=O) groups is 1. The minimum atomic E-state index is 0.261. The third kappa shape index (κ3) is 6.89. The Labute approximate surface area is 87.9 Å². The topological polar surface area (TPSA) is 32.3 Å². The van der Waals surface area contributed by atoms with Crippen molar-refractivity contribution in [2.45, 2.75) is 33.6 Å². The molecule has 3 nitrogen and oxygen atoms in total. The lowest BCUT2D eigenvalue weighted by Crippen LogP contribution is -2.33. The van der Waals surface area contributed by atoms with E-state index in [-0.39, 0.29) is 5.91 Å². The van der Waals surface area contributed by atoms with Crippen LogP contribution in [-0.4, -0.2) is 37.5 Å². The molecule has 84 valence electrons. The van der Waals surface area contributed by atoms with Gasteiger partial charge in [-0.25, -0.2) is 0 Å². The summed E-state index contributed by atoms with van der Waals surface area (Å²) >= 11 is 0. The van der Waals surface area contributed by atoms with E-state index < -0.39 is 0 Å². The number of rotatable bonds is 7. The standard InChI is InChI=1S/C11H24N2O/c1-5-12-8-9-13(4)11(14)7-6-10(2)3/h10,12H,5-9H2,1-4H3. The Morgan fingerprint density at radius 2 is 2.07 bits per heavy atom. The summed E-state index contributed by atoms with van der Waals surface area (Å²) in [7, 11) is 1.88. The van der Waals surface area contributed by atoms with E-state index in [1.807, 2.05) is 11.9 Å². The van der Waals surface area contributed by atoms with Crippen LogP contribution in [0.1, 0.15) is 33.6 Å². The summed E-state index contributed by atoms with van der Waals surface area (Å²) in [5.74, 6) is 0.873. The molecule has 0 atom stereocenters. The Balaban J connectivity index is 3.54. The van der Waals surface area contributed by atoms with Gasteiger partial charge in [-0.3, -0.25) is 4.79 Å². The molecule has 0 aromatic carbocycles. The van der Waals surface area contributed by atoms with Gasteiger partial charge in [0.05, 0.1) is 0 Å². The van der Waals surface area contributed by atoms with Crippen LogP contribution in [0, 0.1) is 5.92 Å². The summed E-state index contributed by atoms with van der Waals surface area (Å²) in [4.78, 5) is 13.4. The molecule has 0 aromatic rings. The highest BCUT2D eigenvalue weighted by Gasteiger charge is 2.08. The maximum atomic E-state index is 11.5. The lowest BCUT2D eigenvalue weighted by molar-refractivity contribution is -0.130. The summed E-state index contributed by atoms with van der Waals surface area (Å²) in [6, 6.07) is 0. The molecule has 0 radical (unpaired) electrons. The quantitative estimate of drug-likeness (QED) is 0.632. The molecule has 1 amide bonds. The van der Waals surface area contributed by atoms with E-state index >= 15 is 0 Å². The van der Waals surface area contributed by atoms with Gasteiger partial charge in [0.2, 0.25) is 5.91 Å². The van der Waals surface area contributed by atoms with Crippen molar-refractivity contribution in [3.8, 4) is 0 Å². The lowest BCUT2D eigenvalue weighted by Gasteiger charge is -2.17. The first kappa shape index (κ1) is 13.4. The number of amides is 1. The van der Waals surface area contributed by atoms with Crippen molar-refractivity contribution in [3.63, 3.8) is 0 Å². The molecule has 1 N–H and O–H groups in total. The van der Waals surface area contributed by atoms with E-state index in [0.717, 1.165) is 26.1 Å². The lowest BCUT2D eigenvalue weighted by atomic mass is 10.1. The first-order chi connectivity index (χ1) is 6.57. The molecule has 0 saturated heterocycles. The molecule has 0 heterocycles. The maximum Gasteiger partial charge on any atom is 0.222 e. The normalized spacial score (nSPS) is 10.6. The van der Waals surface area contributed by atoms with Crippen LogP contribution in [-0.2, 0) is 4.79 Å². The smallest absolute Gasteiger partial charge is 0.222 e. The van der Waals surface area contributed by atoms with Crippen LogP contribution in [0.3, 0.4) is 0 Å². The van der Waals surface area contributed by atoms with Crippen LogP contribution in [0.4, 0.5) is 0 Å². The molecule has 0 unspecified atom stereocenters. The average Bonchev–Trinajstić information content (AvgIpc) is 2.14. The van der Waals surface area contributed by atoms with Gasteiger partial charge in [0.1, 0.15) is 0 Å². The van der Waals surface area contributed by atoms with Gasteiger partial charge in [-0.05, 0) is 18.9 Å². The summed E-state index contributed by atoms with van der Waals surface area (Å²) < 4.78 is 0. The molecule has 0 aliphatic carbocycles. The van der Waals surface area contributed by atoms with E-state index in [9.17, 15) is 4.79 Å². The van der Waals surface area contributed by atoms with Crippen LogP contribution in [0.25, 0.3) is 0 Å². The minimum Gasteiger partial charge on any atom is -0.344 e. The van der Waals surface area contributed by atoms with Crippen molar-refractivity contribution < 1.29 is 4.79 Å². The van der Waals surface area contributed by atoms with Gasteiger partial charge in [-0.2, -0.15) is 0 Å². The van der Waals surface area contributed by atoms with Crippen molar-refractivity contribution in [2.75, 3.05) is 26.7 Å². The second kappa shape index (κ2) is 7.80. The fraction of sp³-hybridized carbons (Fsp3) is 0.909. The zero-order valence-corrected chi connectivity index (χ0v) is 9.97. The Morgan fingerprint density at radius 1 is 1.43 bits per heavy atom. The molecular formula is C11H24N2O. The van der Waals surface area contributed by atoms with Gasteiger partial charge < -0.3 is 10.2 Å². The van der Waals surface area contributed by atoms with E-state index in [1.165, 1.54) is 0 Å². The zero-order chi connectivity index (χ0) is 11.0. The first-order valence-corrected chi connectivity index (χ1v) is 5.52. The van der Waals surface area contributed by atoms with E-state index in [1.54, 1.807) is 0 Å². The Hall–Kier alpha value is -0.570. The predicted molar refractivity (Wildman–Crippen MR) is 60.3 cm³/mol. The number of nitrogens with one attached hydrogen (secondary N) is 1. The minimum absolute atomic E-state index is 0.261. The third-order valence-electron chi connectivity index (χ3n) is 2.24. The van der Waals surface area contributed by atoms with Crippen molar-refractivity contribution in [3.05, 3.63) is 0 Å². The molecule has 14 heavy (non-hydrogen) atoms. The fourth-order valence-corrected chi connectivity index (χ4v) is 1.15. The summed E-state index contributed by atoms with van der Waals surface area (Å²) in [6.45, 7) is 9.03. The van der Waals surface area contributed by atoms with Crippen molar-refractivity contribution in [2.24, 2.45) is 5.92 Å². The number of hydrogen-bond donors (Lipinski definition) is 1. The number of hydrogen-bond acceptors (Lipinski definition) is 2. The van der Waals surface area contributed by atoms with Gasteiger partial charge in [0.15, 0.2) is 0 Å². The molecule has 0 aromatic heterocycles. The highest BCUT2D eigenvalue weighted by atomic mass is 16.2. The highest BCUT2D eigenvalue weighted by Crippen LogP contribution is 2.04. The summed E-state index contributed by atoms with van der Waals surface area (Å²) in [5, 5.41) is 3.21. The van der Waals surface area contributed by atoms with Crippen LogP contribution in [0.5, 0.6) is 0 Å². The van der Waals surface area contributed by atoms with E-state index in [0.29, 0.717) is 12.3 Å². The van der Waals surface area contributed by atoms with Gasteiger partial charge in [0, 0.05) is 26.6 Å². The summed E-state index contributed by atoms with van der Waals surface area (Å²) in [6.07, 6.45) is 1.67. The molecule has 0 saturated carbocycles. The SMILES string of the molecule is CCNCCN(C)C(=O)CCC(C)C. The summed E-state index contributed by atoms with van der Waals surface area (Å²) in [5.41, 5.74) is 0. The van der Waals surface area contributed by atoms with Crippen molar-refractivity contribution in [1.29, 1.82) is 0 Å². The van der Waals surface area contributed by atoms with Crippen LogP contribution < -0.4 is 5.32 Å². The van der Waals surface area contributed by atoms with E-state index in [4.69, 9.17) is 0 Å². The Kier molecular flexibility index (Phi) is 7.48. The fourth-order valence-electron chi connectivity index (χ4n) is 1.15. The second-order valence-electron chi connectivity index (χ2n) is 4.10. The molecule has 0 bridgehead atoms. The molecule has 0 aliphatic heterocycles. The van der Waals surface area contributed by atoms with Crippen LogP contribution in [0.2, 0.25) is 0 Å². The van der Waals surface area contributed by atoms with Crippen molar-refractivity contribution in [1.82, 2.24) is 10.2 Å². The highest BCUT2D eigenvalue weighted by molar-refractivity contribution is 5.75. The van der Waals surface area contributed by atoms with Crippen LogP contribution in [0.15, 0.2) is 0 Å². The van der Waals surface area contributed by atoms with E-state index in [2.05, 4.69) is 26.1 Å². The molecule has 0 fully saturated rings. The molecule has 0 rings (SSSR count). The first-order valence-electron chi connectivity index (χ1n) is 5.52. The predicted octanol–water partition coefficient (Wildman–Crippen LogP) is 1.49. The maximum absolute atomic E-state index is 11.5. The van der Waals surface area contributed by atoms with Crippen LogP contribution >= 0.6 is 0 Å². The number of carbonyl (C=O) groups excluding carboxylic acids is 1. The monoisotopic (exact) mass is 200 g/mol. The third-order valence-corrected chi connectivity index (χ3v) is 2.24. The number of nitrogens with zero attached hydrogens (tertiary/aromatic N) is 1. The Morgan fingerprint density at radius 3 is 2.57 bits per heavy atom.